The molecule has 6 aromatic heterocycles. The number of aromatic nitrogens is 7. The van der Waals surface area contributed by atoms with E-state index in [2.05, 4.69) is 439 Å². The molecule has 0 amide bonds. The van der Waals surface area contributed by atoms with Crippen molar-refractivity contribution in [3.8, 4) is 129 Å². The minimum Gasteiger partial charge on any atom is -0.452 e. The largest absolute Gasteiger partial charge is 0.452 e. The zero-order valence-electron chi connectivity index (χ0n) is 80.6. The minimum absolute atomic E-state index is 0.0570. The molecular formula is C137H91N7O2. The molecule has 0 radical (unpaired) electrons. The fourth-order valence-corrected chi connectivity index (χ4v) is 24.4. The summed E-state index contributed by atoms with van der Waals surface area (Å²) in [6.07, 6.45) is 0. The van der Waals surface area contributed by atoms with E-state index >= 15 is 0 Å². The summed E-state index contributed by atoms with van der Waals surface area (Å²) < 4.78 is 15.0. The van der Waals surface area contributed by atoms with Crippen molar-refractivity contribution in [2.24, 2.45) is 0 Å². The highest BCUT2D eigenvalue weighted by Crippen LogP contribution is 2.61. The highest BCUT2D eigenvalue weighted by Gasteiger charge is 2.48. The number of hydrogen-bond acceptors (Lipinski definition) is 8. The normalized spacial score (nSPS) is 13.2. The van der Waals surface area contributed by atoms with Crippen molar-refractivity contribution in [3.05, 3.63) is 524 Å². The molecule has 0 atom stereocenters. The fourth-order valence-electron chi connectivity index (χ4n) is 24.4. The van der Waals surface area contributed by atoms with E-state index in [9.17, 15) is 0 Å². The van der Waals surface area contributed by atoms with Gasteiger partial charge in [-0.15, -0.1) is 0 Å². The smallest absolute Gasteiger partial charge is 0.180 e. The van der Waals surface area contributed by atoms with Gasteiger partial charge in [0.25, 0.3) is 0 Å². The molecule has 6 heterocycles. The third kappa shape index (κ3) is 13.3. The van der Waals surface area contributed by atoms with Gasteiger partial charge in [-0.05, 0) is 193 Å². The van der Waals surface area contributed by atoms with E-state index in [1.807, 2.05) is 72.8 Å². The molecule has 0 saturated carbocycles. The van der Waals surface area contributed by atoms with Gasteiger partial charge in [0.1, 0.15) is 33.6 Å². The Bertz CT molecular complexity index is 9960. The van der Waals surface area contributed by atoms with Crippen molar-refractivity contribution < 1.29 is 8.83 Å². The average Bonchev–Trinajstić information content (AvgIpc) is 1.52. The summed E-state index contributed by atoms with van der Waals surface area (Å²) in [4.78, 5) is 31.4. The van der Waals surface area contributed by atoms with E-state index in [-0.39, 0.29) is 10.8 Å². The van der Waals surface area contributed by atoms with Gasteiger partial charge in [-0.25, -0.2) is 29.9 Å². The molecule has 9 heteroatoms. The van der Waals surface area contributed by atoms with Crippen molar-refractivity contribution in [2.45, 2.75) is 43.9 Å². The van der Waals surface area contributed by atoms with Gasteiger partial charge >= 0.3 is 0 Å². The molecule has 3 aliphatic carbocycles. The van der Waals surface area contributed by atoms with Gasteiger partial charge in [-0.1, -0.05) is 446 Å². The van der Waals surface area contributed by atoms with Crippen LogP contribution in [-0.4, -0.2) is 34.5 Å². The molecule has 27 aromatic rings. The summed E-state index contributed by atoms with van der Waals surface area (Å²) in [5.74, 6) is 1.39. The van der Waals surface area contributed by atoms with Gasteiger partial charge in [0.2, 0.25) is 0 Å². The average molecular weight is 1870 g/mol. The van der Waals surface area contributed by atoms with Crippen LogP contribution in [0.4, 0.5) is 0 Å². The quantitative estimate of drug-likeness (QED) is 0.126. The third-order valence-electron chi connectivity index (χ3n) is 30.8. The first-order valence-electron chi connectivity index (χ1n) is 50.1. The van der Waals surface area contributed by atoms with Gasteiger partial charge in [0, 0.05) is 71.4 Å². The Kier molecular flexibility index (Phi) is 19.7. The molecule has 0 spiro atoms. The Hall–Kier alpha value is -18.7. The predicted molar refractivity (Wildman–Crippen MR) is 601 cm³/mol. The van der Waals surface area contributed by atoms with Crippen LogP contribution in [0.15, 0.2) is 488 Å². The highest BCUT2D eigenvalue weighted by atomic mass is 16.3. The van der Waals surface area contributed by atoms with Crippen LogP contribution >= 0.6 is 0 Å². The Labute approximate surface area is 843 Å². The number of hydrogen-bond donors (Lipinski definition) is 0. The monoisotopic (exact) mass is 1870 g/mol. The Balaban J connectivity index is 0.000000111. The summed E-state index contributed by atoms with van der Waals surface area (Å²) in [6.45, 7) is 9.36. The van der Waals surface area contributed by atoms with Gasteiger partial charge in [-0.2, -0.15) is 0 Å². The van der Waals surface area contributed by atoms with Crippen LogP contribution in [0.2, 0.25) is 0 Å². The standard InChI is InChI=1S/C61H39N3.C41H28N2O.C35H24N2O/c1-4-21-41(22-5-1)61(42-23-6-2-7-24-42)51-34-14-12-30-49(51)57-52(61)39-38-40-20-18-31-46(56(40)57)44-27-10-11-29-47(44)58-59(63-54-36-16-15-35-53(54)62-58)50-33-19-32-48-45-28-13-17-37-55(45)64(60(48)50)43-25-8-3-9-26-43;1-41(2)34-17-8-6-13-30(34)32-24-23-29-28(15-10-16-31(29)36(32)41)25-19-21-27(22-20-25)40-42-37(26-11-4-3-5-12-26)39-38(43-40)33-14-7-9-18-35(33)44-39;1-35(2)28-14-8-6-12-25(28)26-19-16-22-20-23(17-18-24(22)30(26)35)34-36-31(21-10-4-3-5-11-21)33-32(37-34)27-13-7-9-15-29(27)38-33/h1-39H;3-24H,1-2H3;3-20H,1-2H3. The van der Waals surface area contributed by atoms with E-state index < -0.39 is 5.41 Å². The number of furan rings is 2. The summed E-state index contributed by atoms with van der Waals surface area (Å²) in [5.41, 5.74) is 41.8. The lowest BCUT2D eigenvalue weighted by atomic mass is 9.67. The van der Waals surface area contributed by atoms with Crippen LogP contribution in [0, 0.1) is 0 Å². The maximum Gasteiger partial charge on any atom is 0.180 e. The van der Waals surface area contributed by atoms with Crippen LogP contribution in [0.25, 0.3) is 238 Å². The highest BCUT2D eigenvalue weighted by molar-refractivity contribution is 6.18. The van der Waals surface area contributed by atoms with Crippen LogP contribution in [0.3, 0.4) is 0 Å². The molecule has 0 N–H and O–H groups in total. The molecule has 30 rings (SSSR count). The molecule has 0 bridgehead atoms. The molecule has 0 unspecified atom stereocenters. The molecule has 3 aliphatic rings. The fraction of sp³-hybridized carbons (Fsp3) is 0.0511. The topological polar surface area (TPSA) is 109 Å². The lowest BCUT2D eigenvalue weighted by Crippen LogP contribution is -2.28. The Morgan fingerprint density at radius 2 is 0.664 bits per heavy atom. The van der Waals surface area contributed by atoms with E-state index in [0.717, 1.165) is 134 Å². The van der Waals surface area contributed by atoms with Crippen molar-refractivity contribution in [3.63, 3.8) is 0 Å². The van der Waals surface area contributed by atoms with E-state index in [0.29, 0.717) is 17.2 Å². The van der Waals surface area contributed by atoms with E-state index in [4.69, 9.17) is 38.7 Å². The third-order valence-corrected chi connectivity index (χ3v) is 30.8. The van der Waals surface area contributed by atoms with Gasteiger partial charge in [0.15, 0.2) is 22.8 Å². The van der Waals surface area contributed by atoms with E-state index in [1.54, 1.807) is 0 Å². The molecule has 0 saturated heterocycles. The Morgan fingerprint density at radius 1 is 0.233 bits per heavy atom. The van der Waals surface area contributed by atoms with Crippen LogP contribution in [0.5, 0.6) is 0 Å². The van der Waals surface area contributed by atoms with Crippen LogP contribution in [-0.2, 0) is 16.2 Å². The van der Waals surface area contributed by atoms with E-state index in [1.165, 1.54) is 132 Å². The first-order valence-corrected chi connectivity index (χ1v) is 50.1. The number of fused-ring (bicyclic) bond motifs is 25. The minimum atomic E-state index is -0.512. The lowest BCUT2D eigenvalue weighted by Gasteiger charge is -2.34. The molecule has 146 heavy (non-hydrogen) atoms. The summed E-state index contributed by atoms with van der Waals surface area (Å²) in [5, 5.41) is 11.9. The Morgan fingerprint density at radius 3 is 1.28 bits per heavy atom. The summed E-state index contributed by atoms with van der Waals surface area (Å²) >= 11 is 0. The SMILES string of the molecule is CC1(C)c2ccccc2-c2ccc3c(-c4ccc(-c5nc(-c6ccccc6)c6oc7ccccc7c6n5)cc4)cccc3c21.CC1(C)c2ccccc2-c2ccc3cc(-c4nc(-c5ccccc5)c5oc6ccccc6c5n4)ccc3c21.c1ccc(-n2c3ccccc3c3cccc(-c4nc5ccccc5nc4-c4ccccc4-c4cccc5ccc6c(c45)-c4ccccc4C6(c4ccccc4)c4ccccc4)c32)cc1. The van der Waals surface area contributed by atoms with Crippen LogP contribution < -0.4 is 0 Å². The number of para-hydroxylation sites is 7. The van der Waals surface area contributed by atoms with Crippen molar-refractivity contribution in [1.29, 1.82) is 0 Å². The maximum atomic E-state index is 6.29. The molecule has 0 aliphatic heterocycles. The van der Waals surface area contributed by atoms with Gasteiger partial charge in [0.05, 0.1) is 38.9 Å². The second-order valence-corrected chi connectivity index (χ2v) is 39.6. The van der Waals surface area contributed by atoms with Gasteiger partial charge in [-0.3, -0.25) is 0 Å². The zero-order valence-corrected chi connectivity index (χ0v) is 80.6. The molecular weight excluding hydrogens is 1780 g/mol. The maximum absolute atomic E-state index is 6.29. The number of nitrogens with zero attached hydrogens (tertiary/aromatic N) is 7. The van der Waals surface area contributed by atoms with Gasteiger partial charge < -0.3 is 13.4 Å². The molecule has 21 aromatic carbocycles. The zero-order chi connectivity index (χ0) is 97.0. The lowest BCUT2D eigenvalue weighted by molar-refractivity contribution is 0.666. The first kappa shape index (κ1) is 85.3. The number of benzene rings is 21. The summed E-state index contributed by atoms with van der Waals surface area (Å²) in [6, 6.07) is 171. The molecule has 9 nitrogen and oxygen atoms in total. The van der Waals surface area contributed by atoms with Crippen molar-refractivity contribution >= 4 is 109 Å². The first-order chi connectivity index (χ1) is 72.0. The molecule has 686 valence electrons. The second kappa shape index (κ2) is 33.8. The summed E-state index contributed by atoms with van der Waals surface area (Å²) in [7, 11) is 0. The van der Waals surface area contributed by atoms with Crippen molar-refractivity contribution in [2.75, 3.05) is 0 Å². The van der Waals surface area contributed by atoms with Crippen molar-refractivity contribution in [1.82, 2.24) is 34.5 Å². The molecule has 0 fully saturated rings. The second-order valence-electron chi connectivity index (χ2n) is 39.6. The number of rotatable bonds is 11. The van der Waals surface area contributed by atoms with Crippen LogP contribution in [0.1, 0.15) is 72.2 Å². The predicted octanol–water partition coefficient (Wildman–Crippen LogP) is 35.3.